The Morgan fingerprint density at radius 3 is 2.67 bits per heavy atom. The summed E-state index contributed by atoms with van der Waals surface area (Å²) < 4.78 is 8.22. The van der Waals surface area contributed by atoms with E-state index in [0.717, 1.165) is 36.1 Å². The molecule has 2 bridgehead atoms. The second-order valence-corrected chi connectivity index (χ2v) is 7.36. The molecule has 1 aromatic heterocycles. The van der Waals surface area contributed by atoms with Crippen LogP contribution in [0, 0.1) is 0 Å². The molecule has 0 spiro atoms. The summed E-state index contributed by atoms with van der Waals surface area (Å²) in [5, 5.41) is 0.893. The van der Waals surface area contributed by atoms with E-state index in [9.17, 15) is 0 Å². The molecule has 2 aromatic rings. The Hall–Kier alpha value is -0.480. The summed E-state index contributed by atoms with van der Waals surface area (Å²) in [6.07, 6.45) is 3.92. The number of aromatic nitrogens is 2. The van der Waals surface area contributed by atoms with Crippen LogP contribution in [-0.2, 0) is 4.74 Å². The lowest BCUT2D eigenvalue weighted by molar-refractivity contribution is 0.0939. The first-order valence-corrected chi connectivity index (χ1v) is 8.40. The summed E-state index contributed by atoms with van der Waals surface area (Å²) in [6.45, 7) is 1.94. The summed E-state index contributed by atoms with van der Waals surface area (Å²) in [5.41, 5.74) is 1.84. The molecular weight excluding hydrogens is 331 g/mol. The van der Waals surface area contributed by atoms with Crippen LogP contribution in [0.4, 0.5) is 0 Å². The van der Waals surface area contributed by atoms with Crippen molar-refractivity contribution < 1.29 is 4.74 Å². The summed E-state index contributed by atoms with van der Waals surface area (Å²) in [7, 11) is 0. The zero-order valence-corrected chi connectivity index (χ0v) is 13.8. The number of benzene rings is 1. The molecule has 6 heteroatoms. The zero-order chi connectivity index (χ0) is 14.7. The molecule has 0 aliphatic carbocycles. The van der Waals surface area contributed by atoms with Crippen LogP contribution in [0.5, 0.6) is 0 Å². The Labute approximate surface area is 138 Å². The molecule has 0 amide bonds. The Morgan fingerprint density at radius 2 is 2.05 bits per heavy atom. The Balaban J connectivity index is 1.92. The van der Waals surface area contributed by atoms with Crippen molar-refractivity contribution in [2.45, 2.75) is 49.8 Å². The second-order valence-electron chi connectivity index (χ2n) is 5.89. The highest BCUT2D eigenvalue weighted by molar-refractivity contribution is 6.42. The number of rotatable bonds is 2. The van der Waals surface area contributed by atoms with Crippen molar-refractivity contribution in [3.05, 3.63) is 28.0 Å². The molecule has 4 rings (SSSR count). The maximum absolute atomic E-state index is 6.35. The molecule has 3 nitrogen and oxygen atoms in total. The van der Waals surface area contributed by atoms with Gasteiger partial charge in [-0.1, -0.05) is 23.2 Å². The fourth-order valence-corrected chi connectivity index (χ4v) is 4.09. The number of ether oxygens (including phenoxy) is 1. The average molecular weight is 346 g/mol. The monoisotopic (exact) mass is 344 g/mol. The van der Waals surface area contributed by atoms with E-state index in [2.05, 4.69) is 9.55 Å². The highest BCUT2D eigenvalue weighted by Gasteiger charge is 2.43. The predicted molar refractivity (Wildman–Crippen MR) is 85.6 cm³/mol. The van der Waals surface area contributed by atoms with Gasteiger partial charge in [0.05, 0.1) is 44.7 Å². The van der Waals surface area contributed by atoms with E-state index in [1.54, 1.807) is 0 Å². The molecule has 0 N–H and O–H groups in total. The first-order chi connectivity index (χ1) is 10.0. The van der Waals surface area contributed by atoms with Gasteiger partial charge in [-0.2, -0.15) is 0 Å². The van der Waals surface area contributed by atoms with Crippen molar-refractivity contribution in [1.29, 1.82) is 0 Å². The molecule has 1 aromatic carbocycles. The minimum absolute atomic E-state index is 0.172. The quantitative estimate of drug-likeness (QED) is 0.705. The third-order valence-corrected chi connectivity index (χ3v) is 5.44. The molecule has 0 radical (unpaired) electrons. The topological polar surface area (TPSA) is 27.1 Å². The molecular formula is C15H15Cl3N2O. The van der Waals surface area contributed by atoms with E-state index in [4.69, 9.17) is 39.5 Å². The summed E-state index contributed by atoms with van der Waals surface area (Å²) in [5.74, 6) is 0.867. The fourth-order valence-electron chi connectivity index (χ4n) is 3.62. The van der Waals surface area contributed by atoms with Crippen LogP contribution in [0.15, 0.2) is 12.1 Å². The van der Waals surface area contributed by atoms with Gasteiger partial charge >= 0.3 is 0 Å². The van der Waals surface area contributed by atoms with Crippen molar-refractivity contribution in [1.82, 2.24) is 9.55 Å². The summed E-state index contributed by atoms with van der Waals surface area (Å²) in [4.78, 5) is 4.67. The average Bonchev–Trinajstić information content (AvgIpc) is 3.12. The van der Waals surface area contributed by atoms with Gasteiger partial charge in [-0.05, 0) is 38.3 Å². The van der Waals surface area contributed by atoms with Crippen LogP contribution in [0.2, 0.25) is 10.0 Å². The van der Waals surface area contributed by atoms with Crippen molar-refractivity contribution in [3.8, 4) is 0 Å². The normalized spacial score (nSPS) is 29.4. The van der Waals surface area contributed by atoms with Crippen molar-refractivity contribution in [2.24, 2.45) is 0 Å². The zero-order valence-electron chi connectivity index (χ0n) is 11.5. The van der Waals surface area contributed by atoms with E-state index in [1.165, 1.54) is 0 Å². The van der Waals surface area contributed by atoms with Crippen molar-refractivity contribution in [3.63, 3.8) is 0 Å². The van der Waals surface area contributed by atoms with Crippen LogP contribution in [0.25, 0.3) is 11.0 Å². The van der Waals surface area contributed by atoms with Crippen LogP contribution in [-0.4, -0.2) is 21.8 Å². The molecule has 4 unspecified atom stereocenters. The first kappa shape index (κ1) is 14.1. The third-order valence-electron chi connectivity index (χ3n) is 4.52. The van der Waals surface area contributed by atoms with Crippen LogP contribution < -0.4 is 0 Å². The van der Waals surface area contributed by atoms with Gasteiger partial charge in [-0.3, -0.25) is 0 Å². The van der Waals surface area contributed by atoms with Gasteiger partial charge in [0.1, 0.15) is 5.82 Å². The van der Waals surface area contributed by atoms with Crippen LogP contribution >= 0.6 is 34.8 Å². The lowest BCUT2D eigenvalue weighted by Gasteiger charge is -2.24. The lowest BCUT2D eigenvalue weighted by atomic mass is 9.95. The number of hydrogen-bond acceptors (Lipinski definition) is 2. The van der Waals surface area contributed by atoms with Gasteiger partial charge in [-0.25, -0.2) is 4.98 Å². The molecule has 112 valence electrons. The van der Waals surface area contributed by atoms with E-state index < -0.39 is 0 Å². The van der Waals surface area contributed by atoms with Crippen molar-refractivity contribution in [2.75, 3.05) is 0 Å². The molecule has 2 aliphatic rings. The number of imidazole rings is 1. The number of hydrogen-bond donors (Lipinski definition) is 0. The Kier molecular flexibility index (Phi) is 3.38. The molecule has 3 heterocycles. The minimum Gasteiger partial charge on any atom is -0.373 e. The van der Waals surface area contributed by atoms with Gasteiger partial charge < -0.3 is 9.30 Å². The van der Waals surface area contributed by atoms with E-state index >= 15 is 0 Å². The molecule has 2 fully saturated rings. The van der Waals surface area contributed by atoms with Crippen LogP contribution in [0.3, 0.4) is 0 Å². The molecule has 21 heavy (non-hydrogen) atoms. The van der Waals surface area contributed by atoms with Gasteiger partial charge in [-0.15, -0.1) is 11.6 Å². The summed E-state index contributed by atoms with van der Waals surface area (Å²) >= 11 is 18.7. The van der Waals surface area contributed by atoms with Gasteiger partial charge in [0.2, 0.25) is 0 Å². The minimum atomic E-state index is -0.172. The smallest absolute Gasteiger partial charge is 0.128 e. The first-order valence-electron chi connectivity index (χ1n) is 7.21. The molecule has 2 aliphatic heterocycles. The standard InChI is InChI=1S/C15H15Cl3N2O/c1-7(16)15-19-11-5-9(17)10(18)6-12(11)20(15)13-4-8-2-3-14(13)21-8/h5-8,13-14H,2-4H2,1H3. The van der Waals surface area contributed by atoms with E-state index in [-0.39, 0.29) is 11.5 Å². The highest BCUT2D eigenvalue weighted by Crippen LogP contribution is 2.45. The molecule has 2 saturated heterocycles. The highest BCUT2D eigenvalue weighted by atomic mass is 35.5. The van der Waals surface area contributed by atoms with Gasteiger partial charge in [0.25, 0.3) is 0 Å². The third kappa shape index (κ3) is 2.17. The lowest BCUT2D eigenvalue weighted by Crippen LogP contribution is -2.22. The number of fused-ring (bicyclic) bond motifs is 3. The summed E-state index contributed by atoms with van der Waals surface area (Å²) in [6, 6.07) is 4.00. The molecule has 4 atom stereocenters. The Morgan fingerprint density at radius 1 is 1.29 bits per heavy atom. The maximum atomic E-state index is 6.35. The number of nitrogens with zero attached hydrogens (tertiary/aromatic N) is 2. The van der Waals surface area contributed by atoms with E-state index in [0.29, 0.717) is 22.2 Å². The number of halogens is 3. The van der Waals surface area contributed by atoms with Gasteiger partial charge in [0, 0.05) is 0 Å². The SMILES string of the molecule is CC(Cl)c1nc2cc(Cl)c(Cl)cc2n1C1CC2CCC1O2. The number of alkyl halides is 1. The Bertz CT molecular complexity index is 712. The van der Waals surface area contributed by atoms with Gasteiger partial charge in [0.15, 0.2) is 0 Å². The molecule has 0 saturated carbocycles. The van der Waals surface area contributed by atoms with Crippen molar-refractivity contribution >= 4 is 45.8 Å². The maximum Gasteiger partial charge on any atom is 0.128 e. The predicted octanol–water partition coefficient (Wildman–Crippen LogP) is 5.14. The second kappa shape index (κ2) is 5.02. The van der Waals surface area contributed by atoms with E-state index in [1.807, 2.05) is 19.1 Å². The largest absolute Gasteiger partial charge is 0.373 e. The van der Waals surface area contributed by atoms with Crippen LogP contribution in [0.1, 0.15) is 43.4 Å². The fraction of sp³-hybridized carbons (Fsp3) is 0.533.